The molecule has 0 aliphatic rings. The van der Waals surface area contributed by atoms with Crippen molar-refractivity contribution in [2.75, 3.05) is 6.61 Å². The first-order valence-electron chi connectivity index (χ1n) is 10.7. The molecular weight excluding hydrogens is 296 g/mol. The second-order valence-corrected chi connectivity index (χ2v) is 8.22. The maximum atomic E-state index is 11.6. The van der Waals surface area contributed by atoms with Crippen LogP contribution in [0.1, 0.15) is 118 Å². The molecule has 0 fully saturated rings. The van der Waals surface area contributed by atoms with E-state index in [1.54, 1.807) is 0 Å². The molecule has 0 aliphatic heterocycles. The van der Waals surface area contributed by atoms with Gasteiger partial charge in [-0.2, -0.15) is 0 Å². The van der Waals surface area contributed by atoms with Crippen LogP contribution < -0.4 is 0 Å². The predicted molar refractivity (Wildman–Crippen MR) is 105 cm³/mol. The quantitative estimate of drug-likeness (QED) is 0.205. The van der Waals surface area contributed by atoms with Crippen molar-refractivity contribution in [3.05, 3.63) is 0 Å². The van der Waals surface area contributed by atoms with Crippen LogP contribution in [-0.4, -0.2) is 12.6 Å². The average Bonchev–Trinajstić information content (AvgIpc) is 2.51. The molecule has 0 unspecified atom stereocenters. The van der Waals surface area contributed by atoms with Crippen molar-refractivity contribution in [2.45, 2.75) is 118 Å². The summed E-state index contributed by atoms with van der Waals surface area (Å²) < 4.78 is 5.28. The molecule has 2 heteroatoms. The van der Waals surface area contributed by atoms with E-state index < -0.39 is 0 Å². The van der Waals surface area contributed by atoms with E-state index in [1.807, 2.05) is 0 Å². The highest BCUT2D eigenvalue weighted by atomic mass is 16.5. The van der Waals surface area contributed by atoms with Gasteiger partial charge in [0.15, 0.2) is 0 Å². The Hall–Kier alpha value is -0.530. The summed E-state index contributed by atoms with van der Waals surface area (Å²) in [7, 11) is 0. The minimum Gasteiger partial charge on any atom is -0.466 e. The molecule has 2 nitrogen and oxygen atoms in total. The summed E-state index contributed by atoms with van der Waals surface area (Å²) in [4.78, 5) is 11.6. The maximum Gasteiger partial charge on any atom is 0.305 e. The first-order valence-corrected chi connectivity index (χ1v) is 10.7. The predicted octanol–water partition coefficient (Wildman–Crippen LogP) is 7.30. The average molecular weight is 341 g/mol. The van der Waals surface area contributed by atoms with Crippen LogP contribution in [0.15, 0.2) is 0 Å². The molecule has 0 bridgehead atoms. The van der Waals surface area contributed by atoms with Crippen LogP contribution in [0.3, 0.4) is 0 Å². The van der Waals surface area contributed by atoms with Gasteiger partial charge in [0.2, 0.25) is 0 Å². The standard InChI is InChI=1S/C22H44O2/c1-20(2)16-12-10-8-6-5-7-9-11-13-18-22(23)24-19-15-14-17-21(3)4/h20-21H,5-19H2,1-4H3. The Morgan fingerprint density at radius 2 is 1.04 bits per heavy atom. The lowest BCUT2D eigenvalue weighted by Crippen LogP contribution is -2.05. The molecule has 0 amide bonds. The Bertz CT molecular complexity index is 271. The summed E-state index contributed by atoms with van der Waals surface area (Å²) in [5.41, 5.74) is 0. The highest BCUT2D eigenvalue weighted by Crippen LogP contribution is 2.13. The molecule has 0 saturated carbocycles. The summed E-state index contributed by atoms with van der Waals surface area (Å²) >= 11 is 0. The van der Waals surface area contributed by atoms with Crippen LogP contribution in [0.4, 0.5) is 0 Å². The molecule has 0 N–H and O–H groups in total. The number of unbranched alkanes of at least 4 members (excludes halogenated alkanes) is 9. The van der Waals surface area contributed by atoms with E-state index in [9.17, 15) is 4.79 Å². The summed E-state index contributed by atoms with van der Waals surface area (Å²) in [6.45, 7) is 9.70. The first-order chi connectivity index (χ1) is 11.5. The van der Waals surface area contributed by atoms with Crippen molar-refractivity contribution in [2.24, 2.45) is 11.8 Å². The summed E-state index contributed by atoms with van der Waals surface area (Å²) in [6.07, 6.45) is 17.1. The van der Waals surface area contributed by atoms with Crippen LogP contribution in [0.5, 0.6) is 0 Å². The Labute approximate surface area is 152 Å². The molecule has 0 aromatic rings. The van der Waals surface area contributed by atoms with Crippen LogP contribution in [0.2, 0.25) is 0 Å². The van der Waals surface area contributed by atoms with Gasteiger partial charge in [-0.15, -0.1) is 0 Å². The Balaban J connectivity index is 3.16. The van der Waals surface area contributed by atoms with Gasteiger partial charge < -0.3 is 4.74 Å². The minimum absolute atomic E-state index is 0.00435. The first kappa shape index (κ1) is 23.5. The van der Waals surface area contributed by atoms with Crippen molar-refractivity contribution in [1.29, 1.82) is 0 Å². The summed E-state index contributed by atoms with van der Waals surface area (Å²) in [6, 6.07) is 0. The fourth-order valence-corrected chi connectivity index (χ4v) is 2.97. The van der Waals surface area contributed by atoms with Crippen molar-refractivity contribution in [3.8, 4) is 0 Å². The van der Waals surface area contributed by atoms with Crippen molar-refractivity contribution in [1.82, 2.24) is 0 Å². The lowest BCUT2D eigenvalue weighted by Gasteiger charge is -2.06. The van der Waals surface area contributed by atoms with Gasteiger partial charge in [0.25, 0.3) is 0 Å². The Kier molecular flexibility index (Phi) is 16.9. The second kappa shape index (κ2) is 17.3. The van der Waals surface area contributed by atoms with E-state index in [1.165, 1.54) is 70.6 Å². The van der Waals surface area contributed by atoms with Crippen molar-refractivity contribution < 1.29 is 9.53 Å². The number of esters is 1. The zero-order valence-electron chi connectivity index (χ0n) is 17.1. The lowest BCUT2D eigenvalue weighted by atomic mass is 10.0. The topological polar surface area (TPSA) is 26.3 Å². The maximum absolute atomic E-state index is 11.6. The van der Waals surface area contributed by atoms with Gasteiger partial charge in [-0.25, -0.2) is 0 Å². The SMILES string of the molecule is CC(C)CCCCCCCCCCCC(=O)OCCCCC(C)C. The van der Waals surface area contributed by atoms with Crippen LogP contribution in [-0.2, 0) is 9.53 Å². The molecule has 0 radical (unpaired) electrons. The van der Waals surface area contributed by atoms with E-state index in [-0.39, 0.29) is 5.97 Å². The van der Waals surface area contributed by atoms with Crippen molar-refractivity contribution >= 4 is 5.97 Å². The number of ether oxygens (including phenoxy) is 1. The molecule has 24 heavy (non-hydrogen) atoms. The fourth-order valence-electron chi connectivity index (χ4n) is 2.97. The summed E-state index contributed by atoms with van der Waals surface area (Å²) in [5.74, 6) is 1.61. The van der Waals surface area contributed by atoms with E-state index in [4.69, 9.17) is 4.74 Å². The highest BCUT2D eigenvalue weighted by molar-refractivity contribution is 5.69. The molecule has 0 saturated heterocycles. The second-order valence-electron chi connectivity index (χ2n) is 8.22. The molecule has 0 heterocycles. The van der Waals surface area contributed by atoms with Crippen molar-refractivity contribution in [3.63, 3.8) is 0 Å². The van der Waals surface area contributed by atoms with Gasteiger partial charge in [0.05, 0.1) is 6.61 Å². The molecular formula is C22H44O2. The van der Waals surface area contributed by atoms with Crippen LogP contribution >= 0.6 is 0 Å². The van der Waals surface area contributed by atoms with Crippen LogP contribution in [0.25, 0.3) is 0 Å². The molecule has 0 atom stereocenters. The molecule has 0 spiro atoms. The molecule has 144 valence electrons. The molecule has 0 rings (SSSR count). The number of hydrogen-bond donors (Lipinski definition) is 0. The highest BCUT2D eigenvalue weighted by Gasteiger charge is 2.03. The third kappa shape index (κ3) is 19.5. The number of hydrogen-bond acceptors (Lipinski definition) is 2. The zero-order chi connectivity index (χ0) is 18.0. The minimum atomic E-state index is 0.00435. The molecule has 0 aromatic heterocycles. The van der Waals surface area contributed by atoms with Gasteiger partial charge in [-0.3, -0.25) is 4.79 Å². The van der Waals surface area contributed by atoms with Gasteiger partial charge >= 0.3 is 5.97 Å². The Morgan fingerprint density at radius 3 is 1.54 bits per heavy atom. The smallest absolute Gasteiger partial charge is 0.305 e. The Morgan fingerprint density at radius 1 is 0.625 bits per heavy atom. The van der Waals surface area contributed by atoms with Gasteiger partial charge in [0.1, 0.15) is 0 Å². The van der Waals surface area contributed by atoms with Crippen LogP contribution in [0, 0.1) is 11.8 Å². The molecule has 0 aliphatic carbocycles. The van der Waals surface area contributed by atoms with E-state index in [0.717, 1.165) is 24.7 Å². The number of carbonyl (C=O) groups excluding carboxylic acids is 1. The largest absolute Gasteiger partial charge is 0.466 e. The molecule has 0 aromatic carbocycles. The zero-order valence-corrected chi connectivity index (χ0v) is 17.1. The van der Waals surface area contributed by atoms with E-state index in [0.29, 0.717) is 13.0 Å². The number of carbonyl (C=O) groups is 1. The fraction of sp³-hybridized carbons (Fsp3) is 0.955. The summed E-state index contributed by atoms with van der Waals surface area (Å²) in [5, 5.41) is 0. The number of rotatable bonds is 17. The van der Waals surface area contributed by atoms with E-state index >= 15 is 0 Å². The van der Waals surface area contributed by atoms with Gasteiger partial charge in [0, 0.05) is 6.42 Å². The third-order valence-electron chi connectivity index (χ3n) is 4.60. The van der Waals surface area contributed by atoms with Gasteiger partial charge in [-0.1, -0.05) is 91.9 Å². The van der Waals surface area contributed by atoms with Gasteiger partial charge in [-0.05, 0) is 31.1 Å². The lowest BCUT2D eigenvalue weighted by molar-refractivity contribution is -0.143. The normalized spacial score (nSPS) is 11.4. The monoisotopic (exact) mass is 340 g/mol. The third-order valence-corrected chi connectivity index (χ3v) is 4.60. The van der Waals surface area contributed by atoms with E-state index in [2.05, 4.69) is 27.7 Å².